The SMILES string of the molecule is CCOc1ccc(C(=O)C2=CN(c3ccc(C#N)cc3)c3cc(F)ccc3S2(=O)=O)cc1. The third kappa shape index (κ3) is 3.74. The van der Waals surface area contributed by atoms with Crippen molar-refractivity contribution >= 4 is 27.0 Å². The molecule has 0 radical (unpaired) electrons. The van der Waals surface area contributed by atoms with E-state index in [1.54, 1.807) is 36.4 Å². The smallest absolute Gasteiger partial charge is 0.214 e. The van der Waals surface area contributed by atoms with Gasteiger partial charge in [0.2, 0.25) is 15.6 Å². The first-order valence-electron chi connectivity index (χ1n) is 9.68. The Hall–Kier alpha value is -3.96. The molecule has 1 aliphatic heterocycles. The van der Waals surface area contributed by atoms with Crippen molar-refractivity contribution in [1.29, 1.82) is 5.26 Å². The number of hydrogen-bond acceptors (Lipinski definition) is 6. The highest BCUT2D eigenvalue weighted by Gasteiger charge is 2.36. The molecule has 3 aromatic rings. The lowest BCUT2D eigenvalue weighted by Gasteiger charge is -2.29. The number of ketones is 1. The molecule has 1 heterocycles. The maximum absolute atomic E-state index is 14.0. The number of carbonyl (C=O) groups is 1. The van der Waals surface area contributed by atoms with Crippen molar-refractivity contribution in [3.05, 3.63) is 94.8 Å². The van der Waals surface area contributed by atoms with E-state index in [4.69, 9.17) is 10.00 Å². The first-order chi connectivity index (χ1) is 15.3. The lowest BCUT2D eigenvalue weighted by molar-refractivity contribution is 0.104. The zero-order valence-corrected chi connectivity index (χ0v) is 17.8. The van der Waals surface area contributed by atoms with Crippen molar-refractivity contribution in [2.24, 2.45) is 0 Å². The van der Waals surface area contributed by atoms with Crippen molar-refractivity contribution < 1.29 is 22.3 Å². The van der Waals surface area contributed by atoms with Gasteiger partial charge in [-0.15, -0.1) is 0 Å². The zero-order valence-electron chi connectivity index (χ0n) is 16.9. The summed E-state index contributed by atoms with van der Waals surface area (Å²) in [5.74, 6) is -0.751. The van der Waals surface area contributed by atoms with E-state index in [1.165, 1.54) is 23.2 Å². The molecule has 0 spiro atoms. The van der Waals surface area contributed by atoms with E-state index in [2.05, 4.69) is 0 Å². The lowest BCUT2D eigenvalue weighted by Crippen LogP contribution is -2.26. The highest BCUT2D eigenvalue weighted by atomic mass is 32.2. The van der Waals surface area contributed by atoms with Gasteiger partial charge in [-0.2, -0.15) is 5.26 Å². The van der Waals surface area contributed by atoms with Crippen LogP contribution in [0.4, 0.5) is 15.8 Å². The van der Waals surface area contributed by atoms with Crippen LogP contribution >= 0.6 is 0 Å². The minimum atomic E-state index is -4.20. The number of nitriles is 1. The van der Waals surface area contributed by atoms with E-state index in [1.807, 2.05) is 13.0 Å². The second kappa shape index (κ2) is 8.29. The first kappa shape index (κ1) is 21.3. The molecule has 0 aliphatic carbocycles. The van der Waals surface area contributed by atoms with Crippen molar-refractivity contribution in [3.63, 3.8) is 0 Å². The summed E-state index contributed by atoms with van der Waals surface area (Å²) in [6.07, 6.45) is 1.19. The number of fused-ring (bicyclic) bond motifs is 1. The monoisotopic (exact) mass is 448 g/mol. The van der Waals surface area contributed by atoms with Gasteiger partial charge in [0, 0.05) is 17.5 Å². The Bertz CT molecular complexity index is 1370. The molecule has 0 unspecified atom stereocenters. The Balaban J connectivity index is 1.85. The van der Waals surface area contributed by atoms with Crippen LogP contribution in [0.1, 0.15) is 22.8 Å². The number of carbonyl (C=O) groups excluding carboxylic acids is 1. The lowest BCUT2D eigenvalue weighted by atomic mass is 10.1. The second-order valence-electron chi connectivity index (χ2n) is 6.92. The van der Waals surface area contributed by atoms with Crippen molar-refractivity contribution in [2.45, 2.75) is 11.8 Å². The molecule has 4 rings (SSSR count). The Morgan fingerprint density at radius 1 is 1.06 bits per heavy atom. The molecule has 1 aliphatic rings. The molecule has 0 fully saturated rings. The topological polar surface area (TPSA) is 87.5 Å². The molecule has 0 N–H and O–H groups in total. The summed E-state index contributed by atoms with van der Waals surface area (Å²) >= 11 is 0. The number of sulfone groups is 1. The van der Waals surface area contributed by atoms with E-state index in [0.29, 0.717) is 23.6 Å². The van der Waals surface area contributed by atoms with Gasteiger partial charge in [0.25, 0.3) is 0 Å². The standard InChI is InChI=1S/C24H17FN2O4S/c1-2-31-20-10-5-17(6-11-20)24(28)23-15-27(19-8-3-16(14-26)4-9-19)21-13-18(25)7-12-22(21)32(23,29)30/h3-13,15H,2H2,1H3. The van der Waals surface area contributed by atoms with Crippen molar-refractivity contribution in [3.8, 4) is 11.8 Å². The molecule has 0 amide bonds. The molecule has 160 valence electrons. The maximum atomic E-state index is 14.0. The van der Waals surface area contributed by atoms with Gasteiger partial charge in [0.05, 0.1) is 28.8 Å². The molecule has 0 aromatic heterocycles. The van der Waals surface area contributed by atoms with Crippen LogP contribution in [0.3, 0.4) is 0 Å². The van der Waals surface area contributed by atoms with Crippen molar-refractivity contribution in [2.75, 3.05) is 11.5 Å². The van der Waals surface area contributed by atoms with Gasteiger partial charge in [-0.3, -0.25) is 4.79 Å². The Morgan fingerprint density at radius 2 is 1.75 bits per heavy atom. The predicted molar refractivity (Wildman–Crippen MR) is 117 cm³/mol. The molecule has 0 bridgehead atoms. The van der Waals surface area contributed by atoms with Crippen LogP contribution in [0.2, 0.25) is 0 Å². The minimum absolute atomic E-state index is 0.0814. The summed E-state index contributed by atoms with van der Waals surface area (Å²) < 4.78 is 45.9. The molecule has 0 atom stereocenters. The normalized spacial score (nSPS) is 14.2. The quantitative estimate of drug-likeness (QED) is 0.414. The van der Waals surface area contributed by atoms with Gasteiger partial charge in [-0.25, -0.2) is 12.8 Å². The summed E-state index contributed by atoms with van der Waals surface area (Å²) in [5, 5.41) is 9.04. The van der Waals surface area contributed by atoms with Crippen LogP contribution in [-0.4, -0.2) is 20.8 Å². The fraction of sp³-hybridized carbons (Fsp3) is 0.0833. The largest absolute Gasteiger partial charge is 0.494 e. The van der Waals surface area contributed by atoms with Crippen molar-refractivity contribution in [1.82, 2.24) is 0 Å². The third-order valence-electron chi connectivity index (χ3n) is 4.93. The highest BCUT2D eigenvalue weighted by Crippen LogP contribution is 2.40. The molecule has 32 heavy (non-hydrogen) atoms. The average molecular weight is 448 g/mol. The van der Waals surface area contributed by atoms with Gasteiger partial charge in [-0.05, 0) is 73.7 Å². The van der Waals surface area contributed by atoms with Crippen LogP contribution in [-0.2, 0) is 9.84 Å². The fourth-order valence-corrected chi connectivity index (χ4v) is 4.91. The summed E-state index contributed by atoms with van der Waals surface area (Å²) in [7, 11) is -4.20. The van der Waals surface area contributed by atoms with E-state index in [0.717, 1.165) is 18.2 Å². The van der Waals surface area contributed by atoms with Crippen LogP contribution in [0.15, 0.2) is 82.7 Å². The molecular formula is C24H17FN2O4S. The number of allylic oxidation sites excluding steroid dienone is 1. The summed E-state index contributed by atoms with van der Waals surface area (Å²) in [5.41, 5.74) is 1.14. The Morgan fingerprint density at radius 3 is 2.38 bits per heavy atom. The zero-order chi connectivity index (χ0) is 22.9. The average Bonchev–Trinajstić information content (AvgIpc) is 2.79. The van der Waals surface area contributed by atoms with Gasteiger partial charge in [0.15, 0.2) is 0 Å². The number of halogens is 1. The van der Waals surface area contributed by atoms with Gasteiger partial charge in [0.1, 0.15) is 16.5 Å². The predicted octanol–water partition coefficient (Wildman–Crippen LogP) is 4.75. The number of anilines is 2. The highest BCUT2D eigenvalue weighted by molar-refractivity contribution is 7.96. The summed E-state index contributed by atoms with van der Waals surface area (Å²) in [6, 6.07) is 17.8. The number of benzene rings is 3. The van der Waals surface area contributed by atoms with Crippen LogP contribution in [0.25, 0.3) is 0 Å². The first-order valence-corrected chi connectivity index (χ1v) is 11.2. The Labute approximate surface area is 184 Å². The maximum Gasteiger partial charge on any atom is 0.214 e. The number of rotatable bonds is 5. The van der Waals surface area contributed by atoms with Crippen LogP contribution in [0.5, 0.6) is 5.75 Å². The fourth-order valence-electron chi connectivity index (χ4n) is 3.38. The Kier molecular flexibility index (Phi) is 5.51. The number of Topliss-reactive ketones (excluding diaryl/α,β-unsaturated/α-hetero) is 1. The van der Waals surface area contributed by atoms with E-state index in [9.17, 15) is 17.6 Å². The molecule has 0 saturated heterocycles. The van der Waals surface area contributed by atoms with Gasteiger partial charge < -0.3 is 9.64 Å². The van der Waals surface area contributed by atoms with E-state index in [-0.39, 0.29) is 16.1 Å². The van der Waals surface area contributed by atoms with Gasteiger partial charge in [-0.1, -0.05) is 0 Å². The third-order valence-corrected chi connectivity index (χ3v) is 6.73. The molecule has 3 aromatic carbocycles. The second-order valence-corrected chi connectivity index (χ2v) is 8.81. The summed E-state index contributed by atoms with van der Waals surface area (Å²) in [4.78, 5) is 14.0. The molecule has 6 nitrogen and oxygen atoms in total. The number of nitrogens with zero attached hydrogens (tertiary/aromatic N) is 2. The van der Waals surface area contributed by atoms with Crippen LogP contribution < -0.4 is 9.64 Å². The van der Waals surface area contributed by atoms with E-state index >= 15 is 0 Å². The molecular weight excluding hydrogens is 431 g/mol. The minimum Gasteiger partial charge on any atom is -0.494 e. The van der Waals surface area contributed by atoms with E-state index < -0.39 is 26.3 Å². The molecule has 0 saturated carbocycles. The van der Waals surface area contributed by atoms with Gasteiger partial charge >= 0.3 is 0 Å². The molecule has 8 heteroatoms. The summed E-state index contributed by atoms with van der Waals surface area (Å²) in [6.45, 7) is 2.29. The number of ether oxygens (including phenoxy) is 1. The van der Waals surface area contributed by atoms with Crippen LogP contribution in [0, 0.1) is 17.1 Å². The number of hydrogen-bond donors (Lipinski definition) is 0.